The van der Waals surface area contributed by atoms with Crippen molar-refractivity contribution in [1.29, 1.82) is 0 Å². The summed E-state index contributed by atoms with van der Waals surface area (Å²) in [6.07, 6.45) is 0. The molecule has 0 aliphatic heterocycles. The minimum Gasteiger partial charge on any atom is -0.384 e. The first-order valence-electron chi connectivity index (χ1n) is 5.52. The summed E-state index contributed by atoms with van der Waals surface area (Å²) >= 11 is 0. The van der Waals surface area contributed by atoms with Crippen molar-refractivity contribution in [2.45, 2.75) is 6.92 Å². The van der Waals surface area contributed by atoms with Gasteiger partial charge in [-0.25, -0.2) is 13.9 Å². The summed E-state index contributed by atoms with van der Waals surface area (Å²) in [5, 5.41) is 4.40. The molecule has 3 aromatic rings. The lowest BCUT2D eigenvalue weighted by Gasteiger charge is -1.99. The Labute approximate surface area is 103 Å². The maximum atomic E-state index is 13.2. The van der Waals surface area contributed by atoms with E-state index in [1.165, 1.54) is 12.1 Å². The van der Waals surface area contributed by atoms with Gasteiger partial charge >= 0.3 is 0 Å². The van der Waals surface area contributed by atoms with Crippen molar-refractivity contribution in [1.82, 2.24) is 14.6 Å². The van der Waals surface area contributed by atoms with E-state index in [1.807, 2.05) is 13.0 Å². The van der Waals surface area contributed by atoms with Crippen LogP contribution in [-0.2, 0) is 0 Å². The van der Waals surface area contributed by atoms with E-state index in [4.69, 9.17) is 5.73 Å². The van der Waals surface area contributed by atoms with Crippen LogP contribution in [0, 0.1) is 12.7 Å². The summed E-state index contributed by atoms with van der Waals surface area (Å²) in [6.45, 7) is 1.90. The molecular formula is C13H11FN4. The number of aryl methyl sites for hydroxylation is 1. The second-order valence-corrected chi connectivity index (χ2v) is 4.13. The van der Waals surface area contributed by atoms with Crippen LogP contribution < -0.4 is 5.73 Å². The van der Waals surface area contributed by atoms with Gasteiger partial charge in [-0.05, 0) is 19.1 Å². The zero-order chi connectivity index (χ0) is 12.7. The first-order chi connectivity index (χ1) is 8.63. The van der Waals surface area contributed by atoms with Gasteiger partial charge in [0, 0.05) is 23.4 Å². The summed E-state index contributed by atoms with van der Waals surface area (Å²) in [5.74, 6) is 0.166. The molecule has 18 heavy (non-hydrogen) atoms. The highest BCUT2D eigenvalue weighted by Crippen LogP contribution is 2.21. The number of hydrogen-bond acceptors (Lipinski definition) is 3. The number of nitrogens with zero attached hydrogens (tertiary/aromatic N) is 3. The second kappa shape index (κ2) is 3.80. The Morgan fingerprint density at radius 2 is 2.06 bits per heavy atom. The third-order valence-corrected chi connectivity index (χ3v) is 2.75. The van der Waals surface area contributed by atoms with E-state index in [1.54, 1.807) is 22.7 Å². The molecule has 0 amide bonds. The van der Waals surface area contributed by atoms with Gasteiger partial charge in [-0.1, -0.05) is 12.1 Å². The lowest BCUT2D eigenvalue weighted by atomic mass is 10.1. The van der Waals surface area contributed by atoms with E-state index in [0.717, 1.165) is 11.3 Å². The van der Waals surface area contributed by atoms with Gasteiger partial charge in [0.1, 0.15) is 11.6 Å². The zero-order valence-electron chi connectivity index (χ0n) is 9.76. The fraction of sp³-hybridized carbons (Fsp3) is 0.0769. The van der Waals surface area contributed by atoms with Gasteiger partial charge < -0.3 is 5.73 Å². The van der Waals surface area contributed by atoms with Gasteiger partial charge in [-0.3, -0.25) is 0 Å². The molecule has 0 saturated heterocycles. The Kier molecular flexibility index (Phi) is 2.26. The number of nitrogens with two attached hydrogens (primary N) is 1. The molecule has 4 nitrogen and oxygen atoms in total. The van der Waals surface area contributed by atoms with E-state index in [-0.39, 0.29) is 5.82 Å². The molecule has 2 N–H and O–H groups in total. The molecule has 5 heteroatoms. The summed E-state index contributed by atoms with van der Waals surface area (Å²) in [4.78, 5) is 4.19. The van der Waals surface area contributed by atoms with Crippen molar-refractivity contribution in [3.05, 3.63) is 47.9 Å². The minimum atomic E-state index is -0.284. The quantitative estimate of drug-likeness (QED) is 0.713. The lowest BCUT2D eigenvalue weighted by Crippen LogP contribution is -1.99. The summed E-state index contributed by atoms with van der Waals surface area (Å²) in [7, 11) is 0. The van der Waals surface area contributed by atoms with Crippen LogP contribution in [0.15, 0.2) is 36.4 Å². The molecule has 0 aliphatic rings. The average molecular weight is 242 g/mol. The van der Waals surface area contributed by atoms with Crippen LogP contribution in [0.3, 0.4) is 0 Å². The van der Waals surface area contributed by atoms with E-state index < -0.39 is 0 Å². The van der Waals surface area contributed by atoms with Crippen LogP contribution in [0.25, 0.3) is 16.9 Å². The van der Waals surface area contributed by atoms with E-state index in [0.29, 0.717) is 17.2 Å². The predicted octanol–water partition coefficient (Wildman–Crippen LogP) is 2.43. The van der Waals surface area contributed by atoms with Gasteiger partial charge in [0.15, 0.2) is 5.65 Å². The molecule has 0 radical (unpaired) electrons. The number of rotatable bonds is 1. The number of benzene rings is 1. The molecule has 0 fully saturated rings. The van der Waals surface area contributed by atoms with Gasteiger partial charge in [0.2, 0.25) is 0 Å². The number of halogens is 1. The molecule has 3 rings (SSSR count). The van der Waals surface area contributed by atoms with Gasteiger partial charge in [-0.2, -0.15) is 5.10 Å². The zero-order valence-corrected chi connectivity index (χ0v) is 9.76. The van der Waals surface area contributed by atoms with Crippen molar-refractivity contribution >= 4 is 11.5 Å². The molecule has 0 atom stereocenters. The SMILES string of the molecule is Cc1cc(N)nc2cc(-c3cccc(F)c3)nn12. The van der Waals surface area contributed by atoms with E-state index in [2.05, 4.69) is 10.1 Å². The van der Waals surface area contributed by atoms with Crippen LogP contribution in [0.1, 0.15) is 5.69 Å². The van der Waals surface area contributed by atoms with Crippen LogP contribution in [-0.4, -0.2) is 14.6 Å². The monoisotopic (exact) mass is 242 g/mol. The molecule has 2 aromatic heterocycles. The van der Waals surface area contributed by atoms with Crippen molar-refractivity contribution in [3.8, 4) is 11.3 Å². The molecule has 2 heterocycles. The molecule has 0 saturated carbocycles. The van der Waals surface area contributed by atoms with Crippen molar-refractivity contribution in [2.24, 2.45) is 0 Å². The highest BCUT2D eigenvalue weighted by atomic mass is 19.1. The van der Waals surface area contributed by atoms with Crippen molar-refractivity contribution in [2.75, 3.05) is 5.73 Å². The van der Waals surface area contributed by atoms with Crippen LogP contribution in [0.4, 0.5) is 10.2 Å². The minimum absolute atomic E-state index is 0.284. The maximum absolute atomic E-state index is 13.2. The van der Waals surface area contributed by atoms with Crippen LogP contribution in [0.5, 0.6) is 0 Å². The molecule has 0 bridgehead atoms. The van der Waals surface area contributed by atoms with Crippen LogP contribution in [0.2, 0.25) is 0 Å². The second-order valence-electron chi connectivity index (χ2n) is 4.13. The lowest BCUT2D eigenvalue weighted by molar-refractivity contribution is 0.628. The molecule has 0 unspecified atom stereocenters. The number of fused-ring (bicyclic) bond motifs is 1. The third kappa shape index (κ3) is 1.69. The van der Waals surface area contributed by atoms with Crippen molar-refractivity contribution < 1.29 is 4.39 Å². The van der Waals surface area contributed by atoms with Crippen molar-refractivity contribution in [3.63, 3.8) is 0 Å². The highest BCUT2D eigenvalue weighted by Gasteiger charge is 2.08. The van der Waals surface area contributed by atoms with Gasteiger partial charge in [-0.15, -0.1) is 0 Å². The Morgan fingerprint density at radius 3 is 2.83 bits per heavy atom. The first-order valence-corrected chi connectivity index (χ1v) is 5.52. The Bertz CT molecular complexity index is 733. The Balaban J connectivity index is 2.22. The number of nitrogen functional groups attached to an aromatic ring is 1. The number of anilines is 1. The fourth-order valence-electron chi connectivity index (χ4n) is 1.94. The highest BCUT2D eigenvalue weighted by molar-refractivity contribution is 5.65. The maximum Gasteiger partial charge on any atom is 0.158 e. The Morgan fingerprint density at radius 1 is 1.22 bits per heavy atom. The Hall–Kier alpha value is -2.43. The molecule has 0 spiro atoms. The molecule has 0 aliphatic carbocycles. The smallest absolute Gasteiger partial charge is 0.158 e. The molecule has 90 valence electrons. The van der Waals surface area contributed by atoms with E-state index >= 15 is 0 Å². The first kappa shape index (κ1) is 10.7. The van der Waals surface area contributed by atoms with Crippen LogP contribution >= 0.6 is 0 Å². The summed E-state index contributed by atoms with van der Waals surface area (Å²) in [5.41, 5.74) is 8.63. The predicted molar refractivity (Wildman–Crippen MR) is 67.5 cm³/mol. The standard InChI is InChI=1S/C13H11FN4/c1-8-5-12(15)16-13-7-11(17-18(8)13)9-3-2-4-10(14)6-9/h2-7H,1H3,(H2,15,16). The summed E-state index contributed by atoms with van der Waals surface area (Å²) in [6, 6.07) is 9.85. The van der Waals surface area contributed by atoms with Gasteiger partial charge in [0.25, 0.3) is 0 Å². The fourth-order valence-corrected chi connectivity index (χ4v) is 1.94. The molecule has 1 aromatic carbocycles. The third-order valence-electron chi connectivity index (χ3n) is 2.75. The van der Waals surface area contributed by atoms with Gasteiger partial charge in [0.05, 0.1) is 5.69 Å². The topological polar surface area (TPSA) is 56.2 Å². The number of hydrogen-bond donors (Lipinski definition) is 1. The average Bonchev–Trinajstić information content (AvgIpc) is 2.73. The summed E-state index contributed by atoms with van der Waals surface area (Å²) < 4.78 is 14.9. The normalized spacial score (nSPS) is 11.0. The number of aromatic nitrogens is 3. The molecular weight excluding hydrogens is 231 g/mol. The van der Waals surface area contributed by atoms with E-state index in [9.17, 15) is 4.39 Å². The largest absolute Gasteiger partial charge is 0.384 e.